The van der Waals surface area contributed by atoms with Gasteiger partial charge in [-0.1, -0.05) is 57.9 Å². The Morgan fingerprint density at radius 1 is 0.926 bits per heavy atom. The van der Waals surface area contributed by atoms with Gasteiger partial charge in [-0.3, -0.25) is 19.3 Å². The molecular weight excluding hydrogens is 338 g/mol. The maximum Gasteiger partial charge on any atom is 0.234 e. The lowest BCUT2D eigenvalue weighted by atomic mass is 9.74. The van der Waals surface area contributed by atoms with Crippen molar-refractivity contribution in [1.29, 1.82) is 0 Å². The summed E-state index contributed by atoms with van der Waals surface area (Å²) in [5, 5.41) is 0. The highest BCUT2D eigenvalue weighted by Crippen LogP contribution is 2.40. The Morgan fingerprint density at radius 3 is 2.19 bits per heavy atom. The number of likely N-dealkylation sites (tertiary alicyclic amines) is 1. The van der Waals surface area contributed by atoms with Gasteiger partial charge in [0.25, 0.3) is 0 Å². The zero-order valence-corrected chi connectivity index (χ0v) is 16.9. The third-order valence-electron chi connectivity index (χ3n) is 7.00. The number of hydrogen-bond acceptors (Lipinski definition) is 3. The number of hydrogen-bond donors (Lipinski definition) is 0. The molecule has 27 heavy (non-hydrogen) atoms. The molecule has 1 saturated heterocycles. The minimum atomic E-state index is -0.177. The van der Waals surface area contributed by atoms with Gasteiger partial charge in [-0.15, -0.1) is 0 Å². The predicted molar refractivity (Wildman–Crippen MR) is 106 cm³/mol. The lowest BCUT2D eigenvalue weighted by Gasteiger charge is -2.49. The number of nitrogens with zero attached hydrogens (tertiary/aromatic N) is 1. The van der Waals surface area contributed by atoms with Gasteiger partial charge in [-0.25, -0.2) is 0 Å². The zero-order chi connectivity index (χ0) is 19.4. The lowest BCUT2D eigenvalue weighted by Crippen LogP contribution is -2.64. The van der Waals surface area contributed by atoms with E-state index in [9.17, 15) is 14.4 Å². The van der Waals surface area contributed by atoms with Crippen LogP contribution in [0.25, 0.3) is 0 Å². The fraction of sp³-hybridized carbons (Fsp3) is 0.783. The van der Waals surface area contributed by atoms with Crippen molar-refractivity contribution in [3.63, 3.8) is 0 Å². The van der Waals surface area contributed by atoms with Gasteiger partial charge in [0.05, 0.1) is 12.0 Å². The number of allylic oxidation sites excluding steroid dienone is 1. The third kappa shape index (κ3) is 4.52. The Bertz CT molecular complexity index is 596. The number of Topliss-reactive ketones (excluding diaryl/α,β-unsaturated/α-hetero) is 1. The molecule has 4 heteroatoms. The van der Waals surface area contributed by atoms with Gasteiger partial charge in [-0.05, 0) is 44.1 Å². The van der Waals surface area contributed by atoms with E-state index in [-0.39, 0.29) is 41.4 Å². The Kier molecular flexibility index (Phi) is 6.88. The van der Waals surface area contributed by atoms with Crippen LogP contribution in [0.2, 0.25) is 0 Å². The lowest BCUT2D eigenvalue weighted by molar-refractivity contribution is -0.171. The van der Waals surface area contributed by atoms with E-state index >= 15 is 0 Å². The summed E-state index contributed by atoms with van der Waals surface area (Å²) in [5.74, 6) is 0.0870. The highest BCUT2D eigenvalue weighted by atomic mass is 16.2. The fourth-order valence-corrected chi connectivity index (χ4v) is 5.32. The largest absolute Gasteiger partial charge is 0.295 e. The number of amides is 2. The van der Waals surface area contributed by atoms with Crippen molar-refractivity contribution in [1.82, 2.24) is 4.90 Å². The van der Waals surface area contributed by atoms with Crippen molar-refractivity contribution in [2.24, 2.45) is 17.8 Å². The van der Waals surface area contributed by atoms with Crippen molar-refractivity contribution >= 4 is 17.6 Å². The van der Waals surface area contributed by atoms with Gasteiger partial charge >= 0.3 is 0 Å². The minimum absolute atomic E-state index is 0.0169. The summed E-state index contributed by atoms with van der Waals surface area (Å²) in [6, 6.07) is 0.119. The van der Waals surface area contributed by atoms with Crippen molar-refractivity contribution in [3.8, 4) is 0 Å². The molecule has 4 nitrogen and oxygen atoms in total. The normalized spacial score (nSPS) is 32.2. The first-order valence-electron chi connectivity index (χ1n) is 11.1. The number of ketones is 1. The molecule has 0 spiro atoms. The molecule has 1 heterocycles. The van der Waals surface area contributed by atoms with Gasteiger partial charge < -0.3 is 0 Å². The fourth-order valence-electron chi connectivity index (χ4n) is 5.32. The molecule has 2 amide bonds. The van der Waals surface area contributed by atoms with E-state index in [4.69, 9.17) is 0 Å². The maximum atomic E-state index is 13.4. The summed E-state index contributed by atoms with van der Waals surface area (Å²) in [5.41, 5.74) is 0.573. The molecule has 0 aromatic rings. The molecule has 150 valence electrons. The predicted octanol–water partition coefficient (Wildman–Crippen LogP) is 4.82. The number of rotatable bonds is 4. The maximum absolute atomic E-state index is 13.4. The van der Waals surface area contributed by atoms with Gasteiger partial charge in [-0.2, -0.15) is 0 Å². The van der Waals surface area contributed by atoms with E-state index < -0.39 is 0 Å². The molecule has 3 aliphatic rings. The highest BCUT2D eigenvalue weighted by molar-refractivity contribution is 6.03. The second kappa shape index (κ2) is 9.16. The molecule has 0 N–H and O–H groups in total. The molecule has 0 unspecified atom stereocenters. The molecule has 4 atom stereocenters. The molecule has 0 aromatic heterocycles. The Morgan fingerprint density at radius 2 is 1.52 bits per heavy atom. The van der Waals surface area contributed by atoms with E-state index in [0.717, 1.165) is 57.8 Å². The molecule has 0 bridgehead atoms. The van der Waals surface area contributed by atoms with Crippen LogP contribution in [-0.2, 0) is 14.4 Å². The number of fused-ring (bicyclic) bond motifs is 1. The number of carbonyl (C=O) groups is 3. The molecule has 3 fully saturated rings. The van der Waals surface area contributed by atoms with Crippen LogP contribution in [0.15, 0.2) is 12.2 Å². The quantitative estimate of drug-likeness (QED) is 0.403. The van der Waals surface area contributed by atoms with Crippen LogP contribution >= 0.6 is 0 Å². The van der Waals surface area contributed by atoms with Crippen LogP contribution < -0.4 is 0 Å². The van der Waals surface area contributed by atoms with E-state index in [1.807, 2.05) is 0 Å². The summed E-state index contributed by atoms with van der Waals surface area (Å²) in [6.45, 7) is 5.53. The number of β-lactam (4-membered cyclic amide) rings is 1. The van der Waals surface area contributed by atoms with Gasteiger partial charge in [0.1, 0.15) is 0 Å². The molecular formula is C23H35NO3. The molecule has 2 saturated carbocycles. The van der Waals surface area contributed by atoms with E-state index in [1.54, 1.807) is 11.8 Å². The minimum Gasteiger partial charge on any atom is -0.295 e. The van der Waals surface area contributed by atoms with Crippen molar-refractivity contribution in [2.45, 2.75) is 96.4 Å². The third-order valence-corrected chi connectivity index (χ3v) is 7.00. The van der Waals surface area contributed by atoms with Gasteiger partial charge in [0.2, 0.25) is 11.8 Å². The Hall–Kier alpha value is -1.45. The molecule has 3 rings (SSSR count). The summed E-state index contributed by atoms with van der Waals surface area (Å²) < 4.78 is 0. The second-order valence-corrected chi connectivity index (χ2v) is 8.98. The van der Waals surface area contributed by atoms with E-state index in [1.165, 1.54) is 19.3 Å². The van der Waals surface area contributed by atoms with Crippen LogP contribution in [0.4, 0.5) is 0 Å². The summed E-state index contributed by atoms with van der Waals surface area (Å²) in [6.07, 6.45) is 13.1. The SMILES string of the molecule is C=C(C)C(=O)C[C@H]1CCCCCC[C@H]1C(=O)N1C(=O)[C@@H]2CCCCCC[C@@H]21. The number of carbonyl (C=O) groups excluding carboxylic acids is 3. The summed E-state index contributed by atoms with van der Waals surface area (Å²) >= 11 is 0. The molecule has 0 aromatic carbocycles. The molecule has 1 aliphatic heterocycles. The van der Waals surface area contributed by atoms with Crippen molar-refractivity contribution < 1.29 is 14.4 Å². The van der Waals surface area contributed by atoms with Gasteiger partial charge in [0, 0.05) is 12.3 Å². The standard InChI is InChI=1S/C23H35NO3/c1-16(2)21(25)15-17-11-7-3-4-8-12-18(17)22(26)24-20-14-10-6-5-9-13-19(20)23(24)27/h17-20H,1,3-15H2,2H3/t17-,18-,19-,20+/m1/s1. The van der Waals surface area contributed by atoms with E-state index in [0.29, 0.717) is 12.0 Å². The van der Waals surface area contributed by atoms with Crippen LogP contribution in [0.5, 0.6) is 0 Å². The average molecular weight is 374 g/mol. The average Bonchev–Trinajstić information content (AvgIpc) is 2.59. The first kappa shape index (κ1) is 20.3. The Balaban J connectivity index is 1.75. The van der Waals surface area contributed by atoms with E-state index in [2.05, 4.69) is 6.58 Å². The van der Waals surface area contributed by atoms with Gasteiger partial charge in [0.15, 0.2) is 5.78 Å². The van der Waals surface area contributed by atoms with Crippen LogP contribution in [-0.4, -0.2) is 28.5 Å². The zero-order valence-electron chi connectivity index (χ0n) is 16.9. The molecule has 2 aliphatic carbocycles. The van der Waals surface area contributed by atoms with Crippen molar-refractivity contribution in [3.05, 3.63) is 12.2 Å². The summed E-state index contributed by atoms with van der Waals surface area (Å²) in [4.78, 5) is 40.1. The monoisotopic (exact) mass is 373 g/mol. The van der Waals surface area contributed by atoms with Crippen LogP contribution in [0.3, 0.4) is 0 Å². The van der Waals surface area contributed by atoms with Crippen LogP contribution in [0.1, 0.15) is 90.4 Å². The second-order valence-electron chi connectivity index (χ2n) is 8.98. The number of imide groups is 1. The van der Waals surface area contributed by atoms with Crippen molar-refractivity contribution in [2.75, 3.05) is 0 Å². The Labute approximate surface area is 163 Å². The first-order valence-corrected chi connectivity index (χ1v) is 11.1. The topological polar surface area (TPSA) is 54.5 Å². The summed E-state index contributed by atoms with van der Waals surface area (Å²) in [7, 11) is 0. The highest BCUT2D eigenvalue weighted by Gasteiger charge is 2.51. The molecule has 0 radical (unpaired) electrons. The van der Waals surface area contributed by atoms with Crippen LogP contribution in [0, 0.1) is 17.8 Å². The first-order chi connectivity index (χ1) is 13.0. The smallest absolute Gasteiger partial charge is 0.234 e.